The Balaban J connectivity index is 2.27. The number of nitrogens with one attached hydrogen (secondary N) is 2. The normalized spacial score (nSPS) is 11.3. The van der Waals surface area contributed by atoms with Gasteiger partial charge in [-0.25, -0.2) is 8.42 Å². The molecule has 0 aliphatic carbocycles. The highest BCUT2D eigenvalue weighted by molar-refractivity contribution is 7.90. The largest absolute Gasteiger partial charge is 0.348 e. The van der Waals surface area contributed by atoms with Crippen LogP contribution in [0.15, 0.2) is 34.0 Å². The highest BCUT2D eigenvalue weighted by Gasteiger charge is 2.15. The van der Waals surface area contributed by atoms with Crippen LogP contribution in [0.3, 0.4) is 0 Å². The van der Waals surface area contributed by atoms with E-state index in [1.165, 1.54) is 12.1 Å². The van der Waals surface area contributed by atoms with Gasteiger partial charge >= 0.3 is 0 Å². The molecule has 1 amide bonds. The minimum absolute atomic E-state index is 0.0722. The monoisotopic (exact) mass is 348 g/mol. The number of rotatable bonds is 4. The highest BCUT2D eigenvalue weighted by atomic mass is 32.2. The smallest absolute Gasteiger partial charge is 0.253 e. The molecule has 0 radical (unpaired) electrons. The molecular weight excluding hydrogens is 328 g/mol. The van der Waals surface area contributed by atoms with E-state index in [0.717, 1.165) is 17.5 Å². The molecule has 1 heterocycles. The number of aromatic amines is 1. The molecule has 0 aliphatic rings. The lowest BCUT2D eigenvalue weighted by atomic mass is 10.1. The predicted octanol–water partition coefficient (Wildman–Crippen LogP) is 1.63. The van der Waals surface area contributed by atoms with E-state index in [9.17, 15) is 18.0 Å². The average Bonchev–Trinajstić information content (AvgIpc) is 2.45. The van der Waals surface area contributed by atoms with E-state index in [2.05, 4.69) is 10.3 Å². The summed E-state index contributed by atoms with van der Waals surface area (Å²) < 4.78 is 23.3. The summed E-state index contributed by atoms with van der Waals surface area (Å²) in [6.45, 7) is 5.39. The van der Waals surface area contributed by atoms with Crippen molar-refractivity contribution in [2.75, 3.05) is 6.26 Å². The van der Waals surface area contributed by atoms with Crippen LogP contribution in [0.2, 0.25) is 0 Å². The minimum atomic E-state index is -3.40. The number of carbonyl (C=O) groups excluding carboxylic acids is 1. The zero-order chi connectivity index (χ0) is 18.1. The van der Waals surface area contributed by atoms with E-state index in [-0.39, 0.29) is 22.6 Å². The third kappa shape index (κ3) is 3.91. The summed E-state index contributed by atoms with van der Waals surface area (Å²) in [5.41, 5.74) is 2.72. The lowest BCUT2D eigenvalue weighted by Crippen LogP contribution is -2.28. The Labute approximate surface area is 140 Å². The number of hydrogen-bond donors (Lipinski definition) is 2. The highest BCUT2D eigenvalue weighted by Crippen LogP contribution is 2.16. The fraction of sp³-hybridized carbons (Fsp3) is 0.294. The zero-order valence-corrected chi connectivity index (χ0v) is 14.9. The molecule has 2 rings (SSSR count). The fourth-order valence-corrected chi connectivity index (χ4v) is 3.09. The Kier molecular flexibility index (Phi) is 4.94. The molecule has 1 aromatic heterocycles. The molecule has 2 aromatic rings. The van der Waals surface area contributed by atoms with Gasteiger partial charge in [0.15, 0.2) is 9.84 Å². The van der Waals surface area contributed by atoms with Gasteiger partial charge in [-0.15, -0.1) is 0 Å². The molecule has 0 fully saturated rings. The topological polar surface area (TPSA) is 96.1 Å². The molecule has 6 nitrogen and oxygen atoms in total. The third-order valence-corrected chi connectivity index (χ3v) is 4.91. The summed E-state index contributed by atoms with van der Waals surface area (Å²) in [6, 6.07) is 6.25. The van der Waals surface area contributed by atoms with Gasteiger partial charge in [-0.2, -0.15) is 0 Å². The summed E-state index contributed by atoms with van der Waals surface area (Å²) in [5, 5.41) is 2.68. The van der Waals surface area contributed by atoms with Gasteiger partial charge in [0.1, 0.15) is 0 Å². The Morgan fingerprint density at radius 2 is 1.79 bits per heavy atom. The van der Waals surface area contributed by atoms with Crippen LogP contribution in [0.25, 0.3) is 0 Å². The summed E-state index contributed by atoms with van der Waals surface area (Å²) in [7, 11) is -3.40. The number of H-pyrrole nitrogens is 1. The maximum absolute atomic E-state index is 12.4. The summed E-state index contributed by atoms with van der Waals surface area (Å²) >= 11 is 0. The number of aromatic nitrogens is 1. The van der Waals surface area contributed by atoms with Crippen LogP contribution >= 0.6 is 0 Å². The van der Waals surface area contributed by atoms with Gasteiger partial charge in [-0.1, -0.05) is 6.07 Å². The van der Waals surface area contributed by atoms with Crippen molar-refractivity contribution in [2.24, 2.45) is 0 Å². The molecule has 1 aromatic carbocycles. The second-order valence-corrected chi connectivity index (χ2v) is 7.89. The molecule has 2 N–H and O–H groups in total. The number of benzene rings is 1. The first-order valence-electron chi connectivity index (χ1n) is 7.38. The molecule has 7 heteroatoms. The van der Waals surface area contributed by atoms with Gasteiger partial charge in [0, 0.05) is 29.6 Å². The van der Waals surface area contributed by atoms with E-state index in [1.807, 2.05) is 6.07 Å². The van der Waals surface area contributed by atoms with Crippen LogP contribution in [0.4, 0.5) is 0 Å². The number of amides is 1. The first-order valence-corrected chi connectivity index (χ1v) is 9.27. The van der Waals surface area contributed by atoms with E-state index in [4.69, 9.17) is 0 Å². The van der Waals surface area contributed by atoms with E-state index in [0.29, 0.717) is 11.1 Å². The lowest BCUT2D eigenvalue weighted by Gasteiger charge is -2.11. The maximum Gasteiger partial charge on any atom is 0.253 e. The van der Waals surface area contributed by atoms with Gasteiger partial charge in [0.2, 0.25) is 0 Å². The molecule has 0 atom stereocenters. The molecule has 0 aliphatic heterocycles. The van der Waals surface area contributed by atoms with E-state index >= 15 is 0 Å². The van der Waals surface area contributed by atoms with Crippen LogP contribution in [0, 0.1) is 20.8 Å². The van der Waals surface area contributed by atoms with Gasteiger partial charge < -0.3 is 10.3 Å². The van der Waals surface area contributed by atoms with Crippen molar-refractivity contribution in [1.82, 2.24) is 10.3 Å². The van der Waals surface area contributed by atoms with E-state index < -0.39 is 15.7 Å². The molecular formula is C17H20N2O4S. The number of carbonyl (C=O) groups is 1. The second-order valence-electron chi connectivity index (χ2n) is 5.87. The Morgan fingerprint density at radius 1 is 1.12 bits per heavy atom. The van der Waals surface area contributed by atoms with Crippen LogP contribution in [-0.4, -0.2) is 25.6 Å². The van der Waals surface area contributed by atoms with Crippen molar-refractivity contribution < 1.29 is 13.2 Å². The average molecular weight is 348 g/mol. The van der Waals surface area contributed by atoms with Crippen LogP contribution in [-0.2, 0) is 16.4 Å². The van der Waals surface area contributed by atoms with Crippen molar-refractivity contribution in [3.05, 3.63) is 62.6 Å². The van der Waals surface area contributed by atoms with Crippen molar-refractivity contribution in [1.29, 1.82) is 0 Å². The van der Waals surface area contributed by atoms with Crippen LogP contribution < -0.4 is 10.9 Å². The quantitative estimate of drug-likeness (QED) is 0.878. The van der Waals surface area contributed by atoms with Gasteiger partial charge in [-0.3, -0.25) is 9.59 Å². The summed E-state index contributed by atoms with van der Waals surface area (Å²) in [5.74, 6) is -0.419. The third-order valence-electron chi connectivity index (χ3n) is 3.80. The Morgan fingerprint density at radius 3 is 2.38 bits per heavy atom. The molecule has 0 saturated heterocycles. The molecule has 24 heavy (non-hydrogen) atoms. The Hall–Kier alpha value is -2.41. The van der Waals surface area contributed by atoms with Crippen molar-refractivity contribution in [3.8, 4) is 0 Å². The first kappa shape index (κ1) is 17.9. The summed E-state index contributed by atoms with van der Waals surface area (Å²) in [6.07, 6.45) is 1.09. The van der Waals surface area contributed by atoms with Gasteiger partial charge in [0.25, 0.3) is 11.5 Å². The summed E-state index contributed by atoms with van der Waals surface area (Å²) in [4.78, 5) is 27.1. The lowest BCUT2D eigenvalue weighted by molar-refractivity contribution is 0.0950. The molecule has 0 unspecified atom stereocenters. The second kappa shape index (κ2) is 6.60. The molecule has 0 bridgehead atoms. The van der Waals surface area contributed by atoms with Crippen LogP contribution in [0.1, 0.15) is 32.7 Å². The van der Waals surface area contributed by atoms with Crippen LogP contribution in [0.5, 0.6) is 0 Å². The predicted molar refractivity (Wildman–Crippen MR) is 92.0 cm³/mol. The fourth-order valence-electron chi connectivity index (χ4n) is 2.44. The first-order chi connectivity index (χ1) is 11.1. The van der Waals surface area contributed by atoms with Crippen molar-refractivity contribution in [3.63, 3.8) is 0 Å². The van der Waals surface area contributed by atoms with Gasteiger partial charge in [0.05, 0.1) is 4.90 Å². The van der Waals surface area contributed by atoms with Gasteiger partial charge in [-0.05, 0) is 50.1 Å². The van der Waals surface area contributed by atoms with E-state index in [1.54, 1.807) is 26.8 Å². The number of hydrogen-bond acceptors (Lipinski definition) is 4. The zero-order valence-electron chi connectivity index (χ0n) is 14.1. The number of sulfone groups is 1. The minimum Gasteiger partial charge on any atom is -0.348 e. The SMILES string of the molecule is Cc1cc(C)c(CNC(=O)c2cc(S(C)(=O)=O)ccc2C)c(=O)[nH]1. The Bertz CT molecular complexity index is 959. The molecule has 0 spiro atoms. The molecule has 0 saturated carbocycles. The molecule has 128 valence electrons. The maximum atomic E-state index is 12.4. The number of aryl methyl sites for hydroxylation is 3. The standard InChI is InChI=1S/C17H20N2O4S/c1-10-5-6-13(24(4,22)23)8-14(10)16(20)18-9-15-11(2)7-12(3)19-17(15)21/h5-8H,9H2,1-4H3,(H,18,20)(H,19,21). The van der Waals surface area contributed by atoms with Crippen molar-refractivity contribution >= 4 is 15.7 Å². The van der Waals surface area contributed by atoms with Crippen molar-refractivity contribution in [2.45, 2.75) is 32.2 Å². The number of pyridine rings is 1.